The molecular formula is C15H20F3NO. The largest absolute Gasteiger partial charge is 0.484 e. The van der Waals surface area contributed by atoms with Crippen LogP contribution in [0.3, 0.4) is 0 Å². The van der Waals surface area contributed by atoms with Crippen LogP contribution in [0.25, 0.3) is 0 Å². The number of piperidine rings is 1. The van der Waals surface area contributed by atoms with Gasteiger partial charge in [0.2, 0.25) is 0 Å². The third kappa shape index (κ3) is 5.41. The van der Waals surface area contributed by atoms with Crippen LogP contribution in [0, 0.1) is 5.92 Å². The Labute approximate surface area is 117 Å². The highest BCUT2D eigenvalue weighted by molar-refractivity contribution is 5.27. The Morgan fingerprint density at radius 3 is 2.35 bits per heavy atom. The normalized spacial score (nSPS) is 17.1. The van der Waals surface area contributed by atoms with Crippen LogP contribution in [-0.2, 0) is 6.42 Å². The lowest BCUT2D eigenvalue weighted by atomic mass is 9.91. The molecule has 1 aromatic carbocycles. The minimum Gasteiger partial charge on any atom is -0.484 e. The first-order chi connectivity index (χ1) is 9.53. The lowest BCUT2D eigenvalue weighted by molar-refractivity contribution is -0.153. The van der Waals surface area contributed by atoms with E-state index in [-0.39, 0.29) is 5.75 Å². The number of rotatable bonds is 5. The van der Waals surface area contributed by atoms with E-state index >= 15 is 0 Å². The molecule has 0 bridgehead atoms. The molecule has 1 N–H and O–H groups in total. The van der Waals surface area contributed by atoms with Crippen molar-refractivity contribution in [3.8, 4) is 5.75 Å². The first-order valence-electron chi connectivity index (χ1n) is 7.02. The van der Waals surface area contributed by atoms with E-state index in [9.17, 15) is 13.2 Å². The molecule has 0 spiro atoms. The molecule has 112 valence electrons. The maximum atomic E-state index is 12.0. The second-order valence-corrected chi connectivity index (χ2v) is 5.28. The molecule has 2 nitrogen and oxygen atoms in total. The zero-order valence-corrected chi connectivity index (χ0v) is 11.4. The van der Waals surface area contributed by atoms with E-state index in [0.717, 1.165) is 37.4 Å². The van der Waals surface area contributed by atoms with Gasteiger partial charge in [-0.25, -0.2) is 0 Å². The Balaban J connectivity index is 1.76. The summed E-state index contributed by atoms with van der Waals surface area (Å²) >= 11 is 0. The Kier molecular flexibility index (Phi) is 5.29. The summed E-state index contributed by atoms with van der Waals surface area (Å²) in [5.74, 6) is 1.03. The van der Waals surface area contributed by atoms with Crippen molar-refractivity contribution in [1.29, 1.82) is 0 Å². The minimum absolute atomic E-state index is 0.271. The highest BCUT2D eigenvalue weighted by Gasteiger charge is 2.28. The van der Waals surface area contributed by atoms with E-state index in [4.69, 9.17) is 0 Å². The van der Waals surface area contributed by atoms with Crippen LogP contribution in [0.1, 0.15) is 24.8 Å². The van der Waals surface area contributed by atoms with Crippen LogP contribution >= 0.6 is 0 Å². The summed E-state index contributed by atoms with van der Waals surface area (Å²) < 4.78 is 40.7. The summed E-state index contributed by atoms with van der Waals surface area (Å²) in [5.41, 5.74) is 1.16. The summed E-state index contributed by atoms with van der Waals surface area (Å²) in [6.45, 7) is 0.950. The topological polar surface area (TPSA) is 21.3 Å². The number of hydrogen-bond donors (Lipinski definition) is 1. The zero-order chi connectivity index (χ0) is 14.4. The number of hydrogen-bond acceptors (Lipinski definition) is 2. The van der Waals surface area contributed by atoms with Crippen molar-refractivity contribution in [2.24, 2.45) is 5.92 Å². The third-order valence-corrected chi connectivity index (χ3v) is 3.63. The van der Waals surface area contributed by atoms with Crippen molar-refractivity contribution in [2.75, 3.05) is 19.7 Å². The summed E-state index contributed by atoms with van der Waals surface area (Å²) in [6.07, 6.45) is 0.266. The highest BCUT2D eigenvalue weighted by Crippen LogP contribution is 2.21. The average Bonchev–Trinajstić information content (AvgIpc) is 2.44. The molecule has 0 amide bonds. The van der Waals surface area contributed by atoms with Gasteiger partial charge in [0.1, 0.15) is 5.75 Å². The van der Waals surface area contributed by atoms with Gasteiger partial charge in [0.05, 0.1) is 0 Å². The first kappa shape index (κ1) is 15.2. The third-order valence-electron chi connectivity index (χ3n) is 3.63. The first-order valence-corrected chi connectivity index (χ1v) is 7.02. The summed E-state index contributed by atoms with van der Waals surface area (Å²) in [7, 11) is 0. The van der Waals surface area contributed by atoms with Crippen LogP contribution in [-0.4, -0.2) is 25.9 Å². The van der Waals surface area contributed by atoms with Crippen LogP contribution in [0.15, 0.2) is 24.3 Å². The molecule has 0 saturated carbocycles. The van der Waals surface area contributed by atoms with Gasteiger partial charge in [-0.3, -0.25) is 0 Å². The SMILES string of the molecule is FC(F)(F)COc1ccc(CCC2CCNCC2)cc1. The minimum atomic E-state index is -4.28. The smallest absolute Gasteiger partial charge is 0.422 e. The van der Waals surface area contributed by atoms with Crippen LogP contribution in [0.2, 0.25) is 0 Å². The van der Waals surface area contributed by atoms with E-state index < -0.39 is 12.8 Å². The second kappa shape index (κ2) is 6.97. The van der Waals surface area contributed by atoms with Gasteiger partial charge in [-0.15, -0.1) is 0 Å². The maximum Gasteiger partial charge on any atom is 0.422 e. The predicted molar refractivity (Wildman–Crippen MR) is 71.9 cm³/mol. The maximum absolute atomic E-state index is 12.0. The molecule has 1 saturated heterocycles. The number of nitrogens with one attached hydrogen (secondary N) is 1. The fraction of sp³-hybridized carbons (Fsp3) is 0.600. The van der Waals surface area contributed by atoms with Gasteiger partial charge in [0.25, 0.3) is 0 Å². The molecule has 1 aliphatic rings. The van der Waals surface area contributed by atoms with E-state index in [2.05, 4.69) is 10.1 Å². The van der Waals surface area contributed by atoms with Gasteiger partial charge in [0.15, 0.2) is 6.61 Å². The lowest BCUT2D eigenvalue weighted by Crippen LogP contribution is -2.27. The molecular weight excluding hydrogens is 267 g/mol. The summed E-state index contributed by atoms with van der Waals surface area (Å²) in [4.78, 5) is 0. The summed E-state index contributed by atoms with van der Waals surface area (Å²) in [5, 5.41) is 3.34. The molecule has 0 radical (unpaired) electrons. The lowest BCUT2D eigenvalue weighted by Gasteiger charge is -2.22. The fourth-order valence-corrected chi connectivity index (χ4v) is 2.46. The average molecular weight is 287 g/mol. The van der Waals surface area contributed by atoms with E-state index in [1.165, 1.54) is 12.8 Å². The molecule has 0 aliphatic carbocycles. The Hall–Kier alpha value is -1.23. The van der Waals surface area contributed by atoms with Gasteiger partial charge < -0.3 is 10.1 Å². The standard InChI is InChI=1S/C15H20F3NO/c16-15(17,18)11-20-14-5-3-12(4-6-14)1-2-13-7-9-19-10-8-13/h3-6,13,19H,1-2,7-11H2. The van der Waals surface area contributed by atoms with E-state index in [1.807, 2.05) is 12.1 Å². The van der Waals surface area contributed by atoms with Gasteiger partial charge in [0, 0.05) is 0 Å². The van der Waals surface area contributed by atoms with Crippen molar-refractivity contribution in [3.63, 3.8) is 0 Å². The monoisotopic (exact) mass is 287 g/mol. The quantitative estimate of drug-likeness (QED) is 0.894. The van der Waals surface area contributed by atoms with Crippen LogP contribution < -0.4 is 10.1 Å². The van der Waals surface area contributed by atoms with Crippen molar-refractivity contribution < 1.29 is 17.9 Å². The number of benzene rings is 1. The molecule has 20 heavy (non-hydrogen) atoms. The van der Waals surface area contributed by atoms with E-state index in [0.29, 0.717) is 0 Å². The molecule has 0 atom stereocenters. The molecule has 0 aromatic heterocycles. The Morgan fingerprint density at radius 2 is 1.75 bits per heavy atom. The van der Waals surface area contributed by atoms with E-state index in [1.54, 1.807) is 12.1 Å². The molecule has 1 aliphatic heterocycles. The van der Waals surface area contributed by atoms with Crippen molar-refractivity contribution >= 4 is 0 Å². The molecule has 2 rings (SSSR count). The molecule has 0 unspecified atom stereocenters. The van der Waals surface area contributed by atoms with Crippen molar-refractivity contribution in [3.05, 3.63) is 29.8 Å². The second-order valence-electron chi connectivity index (χ2n) is 5.28. The van der Waals surface area contributed by atoms with Gasteiger partial charge in [-0.2, -0.15) is 13.2 Å². The predicted octanol–water partition coefficient (Wildman–Crippen LogP) is 3.56. The molecule has 1 fully saturated rings. The zero-order valence-electron chi connectivity index (χ0n) is 11.4. The number of alkyl halides is 3. The fourth-order valence-electron chi connectivity index (χ4n) is 2.46. The molecule has 1 aromatic rings. The molecule has 5 heteroatoms. The Bertz CT molecular complexity index is 397. The number of ether oxygens (including phenoxy) is 1. The van der Waals surface area contributed by atoms with Crippen LogP contribution in [0.5, 0.6) is 5.75 Å². The number of halogens is 3. The summed E-state index contributed by atoms with van der Waals surface area (Å²) in [6, 6.07) is 6.94. The molecule has 1 heterocycles. The number of aryl methyl sites for hydroxylation is 1. The van der Waals surface area contributed by atoms with Crippen LogP contribution in [0.4, 0.5) is 13.2 Å². The highest BCUT2D eigenvalue weighted by atomic mass is 19.4. The van der Waals surface area contributed by atoms with Gasteiger partial charge in [-0.05, 0) is 62.4 Å². The van der Waals surface area contributed by atoms with Gasteiger partial charge >= 0.3 is 6.18 Å². The van der Waals surface area contributed by atoms with Crippen molar-refractivity contribution in [2.45, 2.75) is 31.9 Å². The Morgan fingerprint density at radius 1 is 1.10 bits per heavy atom. The van der Waals surface area contributed by atoms with Gasteiger partial charge in [-0.1, -0.05) is 12.1 Å². The van der Waals surface area contributed by atoms with Crippen molar-refractivity contribution in [1.82, 2.24) is 5.32 Å².